The largest absolute Gasteiger partial charge is 0.322 e. The van der Waals surface area contributed by atoms with Gasteiger partial charge in [-0.1, -0.05) is 24.3 Å². The Morgan fingerprint density at radius 3 is 2.11 bits per heavy atom. The summed E-state index contributed by atoms with van der Waals surface area (Å²) in [5.41, 5.74) is 3.35. The molecule has 3 aromatic carbocycles. The number of halogens is 1. The molecule has 2 N–H and O–H groups in total. The first-order chi connectivity index (χ1) is 13.3. The fourth-order valence-corrected chi connectivity index (χ4v) is 4.47. The van der Waals surface area contributed by atoms with Gasteiger partial charge in [-0.05, 0) is 90.0 Å². The summed E-state index contributed by atoms with van der Waals surface area (Å²) in [6, 6.07) is 18.9. The van der Waals surface area contributed by atoms with E-state index in [0.29, 0.717) is 16.9 Å². The zero-order chi connectivity index (χ0) is 20.3. The lowest BCUT2D eigenvalue weighted by Gasteiger charge is -2.13. The summed E-state index contributed by atoms with van der Waals surface area (Å²) in [6.07, 6.45) is 0. The van der Waals surface area contributed by atoms with Crippen molar-refractivity contribution in [2.75, 3.05) is 10.0 Å². The highest BCUT2D eigenvalue weighted by Crippen LogP contribution is 2.24. The molecule has 0 radical (unpaired) electrons. The van der Waals surface area contributed by atoms with Crippen LogP contribution in [0.4, 0.5) is 11.4 Å². The zero-order valence-electron chi connectivity index (χ0n) is 15.4. The van der Waals surface area contributed by atoms with Crippen LogP contribution in [-0.4, -0.2) is 14.3 Å². The lowest BCUT2D eigenvalue weighted by atomic mass is 10.1. The number of hydrogen-bond donors (Lipinski definition) is 2. The Morgan fingerprint density at radius 1 is 0.893 bits per heavy atom. The molecule has 0 aliphatic rings. The number of amides is 1. The number of benzene rings is 3. The highest BCUT2D eigenvalue weighted by atomic mass is 127. The van der Waals surface area contributed by atoms with Gasteiger partial charge in [0.2, 0.25) is 0 Å². The molecule has 0 atom stereocenters. The van der Waals surface area contributed by atoms with Crippen LogP contribution in [0.2, 0.25) is 0 Å². The summed E-state index contributed by atoms with van der Waals surface area (Å²) in [5.74, 6) is -0.247. The maximum Gasteiger partial charge on any atom is 0.261 e. The third-order valence-corrected chi connectivity index (χ3v) is 6.26. The molecule has 7 heteroatoms. The number of hydrogen-bond acceptors (Lipinski definition) is 3. The van der Waals surface area contributed by atoms with Crippen LogP contribution in [0.1, 0.15) is 21.5 Å². The van der Waals surface area contributed by atoms with E-state index in [2.05, 4.69) is 32.6 Å². The normalized spacial score (nSPS) is 11.1. The molecule has 0 spiro atoms. The molecule has 0 heterocycles. The predicted octanol–water partition coefficient (Wildman–Crippen LogP) is 4.96. The first kappa shape index (κ1) is 20.3. The molecule has 0 saturated heterocycles. The minimum Gasteiger partial charge on any atom is -0.322 e. The van der Waals surface area contributed by atoms with Gasteiger partial charge >= 0.3 is 0 Å². The van der Waals surface area contributed by atoms with Gasteiger partial charge in [0.1, 0.15) is 0 Å². The van der Waals surface area contributed by atoms with Crippen LogP contribution in [0.15, 0.2) is 71.6 Å². The molecular formula is C21H19IN2O3S. The highest BCUT2D eigenvalue weighted by Gasteiger charge is 2.16. The Balaban J connectivity index is 1.77. The number of carbonyl (C=O) groups excluding carboxylic acids is 1. The van der Waals surface area contributed by atoms with Crippen molar-refractivity contribution in [3.05, 3.63) is 87.0 Å². The third-order valence-electron chi connectivity index (χ3n) is 4.23. The molecule has 0 aliphatic heterocycles. The van der Waals surface area contributed by atoms with Crippen molar-refractivity contribution in [2.24, 2.45) is 0 Å². The zero-order valence-corrected chi connectivity index (χ0v) is 18.3. The van der Waals surface area contributed by atoms with Gasteiger partial charge in [0.25, 0.3) is 15.9 Å². The van der Waals surface area contributed by atoms with Crippen LogP contribution < -0.4 is 10.0 Å². The van der Waals surface area contributed by atoms with Crippen LogP contribution in [0.5, 0.6) is 0 Å². The van der Waals surface area contributed by atoms with Crippen LogP contribution in [0.3, 0.4) is 0 Å². The minimum atomic E-state index is -3.73. The minimum absolute atomic E-state index is 0.127. The van der Waals surface area contributed by atoms with Gasteiger partial charge in [-0.2, -0.15) is 0 Å². The second-order valence-electron chi connectivity index (χ2n) is 6.36. The monoisotopic (exact) mass is 506 g/mol. The molecule has 28 heavy (non-hydrogen) atoms. The average molecular weight is 506 g/mol. The first-order valence-corrected chi connectivity index (χ1v) is 11.1. The van der Waals surface area contributed by atoms with Crippen molar-refractivity contribution in [1.82, 2.24) is 0 Å². The predicted molar refractivity (Wildman–Crippen MR) is 120 cm³/mol. The third kappa shape index (κ3) is 4.71. The van der Waals surface area contributed by atoms with Gasteiger partial charge < -0.3 is 5.32 Å². The summed E-state index contributed by atoms with van der Waals surface area (Å²) in [6.45, 7) is 3.71. The second kappa shape index (κ2) is 8.32. The van der Waals surface area contributed by atoms with E-state index in [4.69, 9.17) is 0 Å². The molecule has 0 aliphatic carbocycles. The molecule has 1 amide bonds. The fourth-order valence-electron chi connectivity index (χ4n) is 2.72. The number of rotatable bonds is 5. The maximum absolute atomic E-state index is 12.7. The molecule has 0 fully saturated rings. The second-order valence-corrected chi connectivity index (χ2v) is 9.29. The Bertz CT molecular complexity index is 1110. The van der Waals surface area contributed by atoms with Gasteiger partial charge in [0.05, 0.1) is 10.6 Å². The van der Waals surface area contributed by atoms with Gasteiger partial charge in [0.15, 0.2) is 0 Å². The molecule has 0 unspecified atom stereocenters. The van der Waals surface area contributed by atoms with Crippen LogP contribution >= 0.6 is 22.6 Å². The molecule has 0 aromatic heterocycles. The standard InChI is InChI=1S/C21H19IN2O3S/c1-14-5-3-6-15(2)20(14)24-28(26,27)19-11-9-18(10-12-19)23-21(25)16-7-4-8-17(22)13-16/h3-13,24H,1-2H3,(H,23,25). The number of para-hydroxylation sites is 1. The topological polar surface area (TPSA) is 75.3 Å². The quantitative estimate of drug-likeness (QED) is 0.481. The van der Waals surface area contributed by atoms with E-state index in [1.165, 1.54) is 12.1 Å². The summed E-state index contributed by atoms with van der Waals surface area (Å²) < 4.78 is 29.0. The van der Waals surface area contributed by atoms with Gasteiger partial charge in [-0.3, -0.25) is 9.52 Å². The Kier molecular flexibility index (Phi) is 6.04. The molecule has 5 nitrogen and oxygen atoms in total. The van der Waals surface area contributed by atoms with Crippen LogP contribution in [0.25, 0.3) is 0 Å². The molecule has 0 bridgehead atoms. The van der Waals surface area contributed by atoms with E-state index in [1.54, 1.807) is 24.3 Å². The summed E-state index contributed by atoms with van der Waals surface area (Å²) in [5, 5.41) is 2.77. The summed E-state index contributed by atoms with van der Waals surface area (Å²) in [4.78, 5) is 12.4. The van der Waals surface area contributed by atoms with Crippen LogP contribution in [0, 0.1) is 17.4 Å². The molecular weight excluding hydrogens is 487 g/mol. The number of anilines is 2. The van der Waals surface area contributed by atoms with Crippen molar-refractivity contribution in [2.45, 2.75) is 18.7 Å². The molecule has 0 saturated carbocycles. The van der Waals surface area contributed by atoms with E-state index in [-0.39, 0.29) is 10.8 Å². The van der Waals surface area contributed by atoms with Crippen molar-refractivity contribution >= 4 is 49.9 Å². The number of carbonyl (C=O) groups is 1. The van der Waals surface area contributed by atoms with E-state index >= 15 is 0 Å². The van der Waals surface area contributed by atoms with Gasteiger partial charge in [0, 0.05) is 14.8 Å². The maximum atomic E-state index is 12.7. The fraction of sp³-hybridized carbons (Fsp3) is 0.0952. The van der Waals surface area contributed by atoms with Crippen molar-refractivity contribution in [3.8, 4) is 0 Å². The molecule has 3 aromatic rings. The van der Waals surface area contributed by atoms with Gasteiger partial charge in [-0.15, -0.1) is 0 Å². The Hall–Kier alpha value is -2.39. The highest BCUT2D eigenvalue weighted by molar-refractivity contribution is 14.1. The SMILES string of the molecule is Cc1cccc(C)c1NS(=O)(=O)c1ccc(NC(=O)c2cccc(I)c2)cc1. The van der Waals surface area contributed by atoms with Crippen LogP contribution in [-0.2, 0) is 10.0 Å². The van der Waals surface area contributed by atoms with Crippen molar-refractivity contribution < 1.29 is 13.2 Å². The van der Waals surface area contributed by atoms with Crippen molar-refractivity contribution in [1.29, 1.82) is 0 Å². The first-order valence-electron chi connectivity index (χ1n) is 8.52. The lowest BCUT2D eigenvalue weighted by Crippen LogP contribution is -2.15. The summed E-state index contributed by atoms with van der Waals surface area (Å²) >= 11 is 2.14. The van der Waals surface area contributed by atoms with Crippen molar-refractivity contribution in [3.63, 3.8) is 0 Å². The smallest absolute Gasteiger partial charge is 0.261 e. The Morgan fingerprint density at radius 2 is 1.50 bits per heavy atom. The number of aryl methyl sites for hydroxylation is 2. The van der Waals surface area contributed by atoms with E-state index in [0.717, 1.165) is 14.7 Å². The molecule has 144 valence electrons. The van der Waals surface area contributed by atoms with E-state index in [1.807, 2.05) is 44.2 Å². The summed E-state index contributed by atoms with van der Waals surface area (Å²) in [7, 11) is -3.73. The molecule has 3 rings (SSSR count). The van der Waals surface area contributed by atoms with E-state index < -0.39 is 10.0 Å². The Labute approximate surface area is 178 Å². The van der Waals surface area contributed by atoms with Gasteiger partial charge in [-0.25, -0.2) is 8.42 Å². The lowest BCUT2D eigenvalue weighted by molar-refractivity contribution is 0.102. The average Bonchev–Trinajstić information content (AvgIpc) is 2.65. The van der Waals surface area contributed by atoms with E-state index in [9.17, 15) is 13.2 Å². The number of nitrogens with one attached hydrogen (secondary N) is 2. The number of sulfonamides is 1.